The van der Waals surface area contributed by atoms with Crippen LogP contribution < -0.4 is 5.32 Å². The maximum Gasteiger partial charge on any atom is 0.410 e. The standard InChI is InChI=1S/C20H34N4O4/c1-2-22-9-3-4-17(22)14-21-18(25)6-5-16-7-10-23(11-8-16)19(26)15-24-12-13-28-20(24)27/h16-17H,2-15H2,1H3,(H,21,25). The fourth-order valence-electron chi connectivity index (χ4n) is 4.50. The second-order valence-electron chi connectivity index (χ2n) is 8.13. The van der Waals surface area contributed by atoms with Crippen molar-refractivity contribution in [3.63, 3.8) is 0 Å². The summed E-state index contributed by atoms with van der Waals surface area (Å²) in [7, 11) is 0. The van der Waals surface area contributed by atoms with Crippen LogP contribution in [0.15, 0.2) is 0 Å². The predicted octanol–water partition coefficient (Wildman–Crippen LogP) is 1.06. The van der Waals surface area contributed by atoms with E-state index in [1.807, 2.05) is 4.90 Å². The smallest absolute Gasteiger partial charge is 0.410 e. The number of likely N-dealkylation sites (N-methyl/N-ethyl adjacent to an activating group) is 1. The maximum atomic E-state index is 12.3. The van der Waals surface area contributed by atoms with Gasteiger partial charge in [-0.05, 0) is 51.1 Å². The van der Waals surface area contributed by atoms with Gasteiger partial charge < -0.3 is 15.0 Å². The lowest BCUT2D eigenvalue weighted by molar-refractivity contribution is -0.133. The quantitative estimate of drug-likeness (QED) is 0.666. The molecule has 0 aromatic carbocycles. The number of rotatable bonds is 8. The largest absolute Gasteiger partial charge is 0.448 e. The Morgan fingerprint density at radius 1 is 1.14 bits per heavy atom. The summed E-state index contributed by atoms with van der Waals surface area (Å²) in [4.78, 5) is 41.7. The molecule has 3 rings (SSSR count). The molecule has 0 aliphatic carbocycles. The number of nitrogens with one attached hydrogen (secondary N) is 1. The number of hydrogen-bond acceptors (Lipinski definition) is 5. The summed E-state index contributed by atoms with van der Waals surface area (Å²) in [6.45, 7) is 7.53. The number of amides is 3. The van der Waals surface area contributed by atoms with Crippen LogP contribution in [0, 0.1) is 5.92 Å². The Bertz CT molecular complexity index is 562. The Hall–Kier alpha value is -1.83. The SMILES string of the molecule is CCN1CCCC1CNC(=O)CCC1CCN(C(=O)CN2CCOC2=O)CC1. The molecule has 0 aromatic rings. The van der Waals surface area contributed by atoms with Gasteiger partial charge in [0.05, 0.1) is 6.54 Å². The van der Waals surface area contributed by atoms with Crippen LogP contribution in [0.4, 0.5) is 4.79 Å². The lowest BCUT2D eigenvalue weighted by Crippen LogP contribution is -2.44. The third-order valence-electron chi connectivity index (χ3n) is 6.36. The fourth-order valence-corrected chi connectivity index (χ4v) is 4.50. The molecular formula is C20H34N4O4. The molecule has 8 nitrogen and oxygen atoms in total. The van der Waals surface area contributed by atoms with E-state index in [2.05, 4.69) is 17.1 Å². The zero-order valence-corrected chi connectivity index (χ0v) is 17.0. The van der Waals surface area contributed by atoms with Crippen molar-refractivity contribution < 1.29 is 19.1 Å². The highest BCUT2D eigenvalue weighted by Crippen LogP contribution is 2.22. The third-order valence-corrected chi connectivity index (χ3v) is 6.36. The minimum Gasteiger partial charge on any atom is -0.448 e. The molecule has 0 spiro atoms. The zero-order valence-electron chi connectivity index (χ0n) is 17.0. The monoisotopic (exact) mass is 394 g/mol. The van der Waals surface area contributed by atoms with Gasteiger partial charge in [0.1, 0.15) is 13.2 Å². The van der Waals surface area contributed by atoms with E-state index in [4.69, 9.17) is 4.74 Å². The van der Waals surface area contributed by atoms with Crippen LogP contribution in [-0.2, 0) is 14.3 Å². The first-order chi connectivity index (χ1) is 13.6. The Balaban J connectivity index is 1.29. The van der Waals surface area contributed by atoms with Crippen LogP contribution >= 0.6 is 0 Å². The first-order valence-electron chi connectivity index (χ1n) is 10.8. The molecule has 158 valence electrons. The number of piperidine rings is 1. The summed E-state index contributed by atoms with van der Waals surface area (Å²) in [6.07, 6.45) is 5.31. The second kappa shape index (κ2) is 10.1. The van der Waals surface area contributed by atoms with E-state index >= 15 is 0 Å². The minimum absolute atomic E-state index is 0.00733. The molecule has 0 saturated carbocycles. The molecule has 3 heterocycles. The fraction of sp³-hybridized carbons (Fsp3) is 0.850. The molecule has 3 fully saturated rings. The molecule has 3 aliphatic rings. The molecule has 1 N–H and O–H groups in total. The van der Waals surface area contributed by atoms with Crippen LogP contribution in [0.3, 0.4) is 0 Å². The number of carbonyl (C=O) groups excluding carboxylic acids is 3. The summed E-state index contributed by atoms with van der Waals surface area (Å²) >= 11 is 0. The summed E-state index contributed by atoms with van der Waals surface area (Å²) in [5, 5.41) is 3.11. The highest BCUT2D eigenvalue weighted by molar-refractivity contribution is 5.83. The van der Waals surface area contributed by atoms with Gasteiger partial charge in [0, 0.05) is 32.1 Å². The maximum absolute atomic E-state index is 12.3. The van der Waals surface area contributed by atoms with Crippen molar-refractivity contribution in [2.75, 3.05) is 52.4 Å². The van der Waals surface area contributed by atoms with Crippen LogP contribution in [0.5, 0.6) is 0 Å². The molecule has 0 bridgehead atoms. The Kier molecular flexibility index (Phi) is 7.53. The Morgan fingerprint density at radius 2 is 1.93 bits per heavy atom. The van der Waals surface area contributed by atoms with Gasteiger partial charge in [-0.25, -0.2) is 4.79 Å². The van der Waals surface area contributed by atoms with Crippen molar-refractivity contribution in [2.24, 2.45) is 5.92 Å². The van der Waals surface area contributed by atoms with E-state index in [-0.39, 0.29) is 18.4 Å². The lowest BCUT2D eigenvalue weighted by atomic mass is 9.92. The van der Waals surface area contributed by atoms with E-state index in [1.165, 1.54) is 17.7 Å². The molecule has 28 heavy (non-hydrogen) atoms. The summed E-state index contributed by atoms with van der Waals surface area (Å²) in [5.41, 5.74) is 0. The molecule has 3 amide bonds. The second-order valence-corrected chi connectivity index (χ2v) is 8.13. The number of nitrogens with zero attached hydrogens (tertiary/aromatic N) is 3. The van der Waals surface area contributed by atoms with Gasteiger partial charge in [0.25, 0.3) is 0 Å². The Morgan fingerprint density at radius 3 is 2.61 bits per heavy atom. The molecule has 3 aliphatic heterocycles. The van der Waals surface area contributed by atoms with Gasteiger partial charge in [-0.2, -0.15) is 0 Å². The molecule has 3 saturated heterocycles. The number of likely N-dealkylation sites (tertiary alicyclic amines) is 2. The highest BCUT2D eigenvalue weighted by Gasteiger charge is 2.29. The highest BCUT2D eigenvalue weighted by atomic mass is 16.6. The van der Waals surface area contributed by atoms with Crippen molar-refractivity contribution in [1.29, 1.82) is 0 Å². The minimum atomic E-state index is -0.395. The molecule has 0 radical (unpaired) electrons. The van der Waals surface area contributed by atoms with Crippen molar-refractivity contribution >= 4 is 17.9 Å². The molecular weight excluding hydrogens is 360 g/mol. The van der Waals surface area contributed by atoms with Gasteiger partial charge in [0.2, 0.25) is 11.8 Å². The summed E-state index contributed by atoms with van der Waals surface area (Å²) in [5.74, 6) is 0.631. The van der Waals surface area contributed by atoms with E-state index in [0.717, 1.165) is 38.9 Å². The first-order valence-corrected chi connectivity index (χ1v) is 10.8. The van der Waals surface area contributed by atoms with E-state index < -0.39 is 6.09 Å². The average molecular weight is 395 g/mol. The molecule has 1 unspecified atom stereocenters. The van der Waals surface area contributed by atoms with Crippen molar-refractivity contribution in [2.45, 2.75) is 51.5 Å². The average Bonchev–Trinajstić information content (AvgIpc) is 3.33. The number of carbonyl (C=O) groups is 3. The number of ether oxygens (including phenoxy) is 1. The van der Waals surface area contributed by atoms with E-state index in [0.29, 0.717) is 44.6 Å². The van der Waals surface area contributed by atoms with Gasteiger partial charge in [-0.15, -0.1) is 0 Å². The summed E-state index contributed by atoms with van der Waals surface area (Å²) < 4.78 is 4.87. The lowest BCUT2D eigenvalue weighted by Gasteiger charge is -2.32. The molecule has 0 aromatic heterocycles. The summed E-state index contributed by atoms with van der Waals surface area (Å²) in [6, 6.07) is 0.496. The van der Waals surface area contributed by atoms with E-state index in [1.54, 1.807) is 0 Å². The normalized spacial score (nSPS) is 23.9. The topological polar surface area (TPSA) is 82.2 Å². The molecule has 1 atom stereocenters. The van der Waals surface area contributed by atoms with Crippen LogP contribution in [0.2, 0.25) is 0 Å². The van der Waals surface area contributed by atoms with E-state index in [9.17, 15) is 14.4 Å². The first kappa shape index (κ1) is 20.9. The van der Waals surface area contributed by atoms with Crippen LogP contribution in [0.25, 0.3) is 0 Å². The van der Waals surface area contributed by atoms with Gasteiger partial charge in [0.15, 0.2) is 0 Å². The van der Waals surface area contributed by atoms with Crippen LogP contribution in [0.1, 0.15) is 45.4 Å². The van der Waals surface area contributed by atoms with Gasteiger partial charge in [-0.1, -0.05) is 6.92 Å². The number of cyclic esters (lactones) is 1. The predicted molar refractivity (Wildman–Crippen MR) is 105 cm³/mol. The Labute approximate surface area is 167 Å². The van der Waals surface area contributed by atoms with Crippen molar-refractivity contribution in [3.8, 4) is 0 Å². The third kappa shape index (κ3) is 5.59. The van der Waals surface area contributed by atoms with Gasteiger partial charge in [-0.3, -0.25) is 19.4 Å². The van der Waals surface area contributed by atoms with Gasteiger partial charge >= 0.3 is 6.09 Å². The number of hydrogen-bond donors (Lipinski definition) is 1. The van der Waals surface area contributed by atoms with Crippen LogP contribution in [-0.4, -0.2) is 91.1 Å². The zero-order chi connectivity index (χ0) is 19.9. The van der Waals surface area contributed by atoms with Crippen molar-refractivity contribution in [1.82, 2.24) is 20.0 Å². The molecule has 8 heteroatoms. The van der Waals surface area contributed by atoms with Crippen molar-refractivity contribution in [3.05, 3.63) is 0 Å².